The zero-order valence-corrected chi connectivity index (χ0v) is 14.7. The highest BCUT2D eigenvalue weighted by atomic mass is 35.5. The van der Waals surface area contributed by atoms with Gasteiger partial charge in [0.2, 0.25) is 11.8 Å². The largest absolute Gasteiger partial charge is 0.352 e. The molecule has 2 saturated heterocycles. The van der Waals surface area contributed by atoms with Gasteiger partial charge >= 0.3 is 0 Å². The summed E-state index contributed by atoms with van der Waals surface area (Å²) < 4.78 is 0. The number of amides is 2. The first kappa shape index (κ1) is 19.2. The van der Waals surface area contributed by atoms with Crippen LogP contribution in [-0.4, -0.2) is 47.9 Å². The molecule has 2 amide bonds. The molecule has 2 aliphatic rings. The van der Waals surface area contributed by atoms with E-state index in [0.717, 1.165) is 32.2 Å². The molecule has 6 heteroatoms. The monoisotopic (exact) mass is 331 g/mol. The van der Waals surface area contributed by atoms with Crippen molar-refractivity contribution in [3.05, 3.63) is 0 Å². The zero-order valence-electron chi connectivity index (χ0n) is 13.9. The Morgan fingerprint density at radius 1 is 1.50 bits per heavy atom. The van der Waals surface area contributed by atoms with Crippen molar-refractivity contribution in [2.75, 3.05) is 13.1 Å². The predicted octanol–water partition coefficient (Wildman–Crippen LogP) is 1.70. The average molecular weight is 332 g/mol. The second-order valence-electron chi connectivity index (χ2n) is 6.58. The Labute approximate surface area is 140 Å². The maximum Gasteiger partial charge on any atom is 0.225 e. The van der Waals surface area contributed by atoms with Crippen LogP contribution >= 0.6 is 12.4 Å². The van der Waals surface area contributed by atoms with E-state index in [4.69, 9.17) is 0 Å². The first-order valence-electron chi connectivity index (χ1n) is 8.36. The van der Waals surface area contributed by atoms with Gasteiger partial charge in [0.15, 0.2) is 0 Å². The maximum absolute atomic E-state index is 12.4. The number of carbonyl (C=O) groups is 2. The molecule has 0 aromatic rings. The topological polar surface area (TPSA) is 61.4 Å². The van der Waals surface area contributed by atoms with Crippen LogP contribution in [0.4, 0.5) is 0 Å². The fourth-order valence-electron chi connectivity index (χ4n) is 3.45. The van der Waals surface area contributed by atoms with Crippen LogP contribution in [0.3, 0.4) is 0 Å². The number of hydrogen-bond acceptors (Lipinski definition) is 3. The van der Waals surface area contributed by atoms with E-state index < -0.39 is 0 Å². The second kappa shape index (κ2) is 8.73. The minimum Gasteiger partial charge on any atom is -0.352 e. The molecule has 0 saturated carbocycles. The van der Waals surface area contributed by atoms with E-state index in [9.17, 15) is 9.59 Å². The number of likely N-dealkylation sites (tertiary alicyclic amines) is 1. The molecule has 4 unspecified atom stereocenters. The van der Waals surface area contributed by atoms with Crippen LogP contribution in [0.15, 0.2) is 0 Å². The molecule has 2 heterocycles. The molecule has 0 radical (unpaired) electrons. The molecule has 0 aromatic carbocycles. The van der Waals surface area contributed by atoms with E-state index >= 15 is 0 Å². The number of hydrogen-bond donors (Lipinski definition) is 2. The summed E-state index contributed by atoms with van der Waals surface area (Å²) in [6.07, 6.45) is 4.56. The molecule has 4 atom stereocenters. The lowest BCUT2D eigenvalue weighted by molar-refractivity contribution is -0.130. The van der Waals surface area contributed by atoms with Gasteiger partial charge in [-0.2, -0.15) is 0 Å². The van der Waals surface area contributed by atoms with Crippen LogP contribution < -0.4 is 10.6 Å². The molecule has 128 valence electrons. The van der Waals surface area contributed by atoms with E-state index in [1.54, 1.807) is 0 Å². The van der Waals surface area contributed by atoms with Crippen LogP contribution in [0.2, 0.25) is 0 Å². The van der Waals surface area contributed by atoms with Gasteiger partial charge in [0.05, 0.1) is 5.92 Å². The fraction of sp³-hybridized carbons (Fsp3) is 0.875. The van der Waals surface area contributed by atoms with Crippen molar-refractivity contribution < 1.29 is 9.59 Å². The first-order chi connectivity index (χ1) is 10.0. The Hall–Kier alpha value is -0.810. The van der Waals surface area contributed by atoms with Crippen LogP contribution in [0, 0.1) is 5.92 Å². The molecule has 2 N–H and O–H groups in total. The third-order valence-corrected chi connectivity index (χ3v) is 4.86. The Bertz CT molecular complexity index is 392. The number of rotatable bonds is 5. The van der Waals surface area contributed by atoms with Gasteiger partial charge in [-0.25, -0.2) is 0 Å². The summed E-state index contributed by atoms with van der Waals surface area (Å²) in [6.45, 7) is 7.92. The normalized spacial score (nSPS) is 29.9. The van der Waals surface area contributed by atoms with Crippen LogP contribution in [-0.2, 0) is 9.59 Å². The van der Waals surface area contributed by atoms with Gasteiger partial charge < -0.3 is 15.5 Å². The predicted molar refractivity (Wildman–Crippen MR) is 90.1 cm³/mol. The van der Waals surface area contributed by atoms with E-state index in [0.29, 0.717) is 19.0 Å². The van der Waals surface area contributed by atoms with Crippen molar-refractivity contribution in [1.82, 2.24) is 15.5 Å². The number of nitrogens with zero attached hydrogens (tertiary/aromatic N) is 1. The van der Waals surface area contributed by atoms with Crippen molar-refractivity contribution >= 4 is 24.2 Å². The summed E-state index contributed by atoms with van der Waals surface area (Å²) in [7, 11) is 0. The van der Waals surface area contributed by atoms with E-state index in [-0.39, 0.29) is 42.2 Å². The molecule has 2 fully saturated rings. The van der Waals surface area contributed by atoms with Gasteiger partial charge in [-0.05, 0) is 39.7 Å². The smallest absolute Gasteiger partial charge is 0.225 e. The summed E-state index contributed by atoms with van der Waals surface area (Å²) in [4.78, 5) is 26.4. The number of nitrogens with one attached hydrogen (secondary N) is 2. The first-order valence-corrected chi connectivity index (χ1v) is 8.36. The highest BCUT2D eigenvalue weighted by molar-refractivity contribution is 5.89. The number of halogens is 1. The van der Waals surface area contributed by atoms with Crippen LogP contribution in [0.5, 0.6) is 0 Å². The lowest BCUT2D eigenvalue weighted by Crippen LogP contribution is -2.53. The maximum atomic E-state index is 12.4. The fourth-order valence-corrected chi connectivity index (χ4v) is 3.45. The summed E-state index contributed by atoms with van der Waals surface area (Å²) in [5, 5.41) is 6.53. The van der Waals surface area contributed by atoms with Crippen LogP contribution in [0.1, 0.15) is 52.9 Å². The Balaban J connectivity index is 0.00000242. The van der Waals surface area contributed by atoms with Crippen molar-refractivity contribution in [3.8, 4) is 0 Å². The molecule has 0 aliphatic carbocycles. The Morgan fingerprint density at radius 2 is 2.23 bits per heavy atom. The third-order valence-electron chi connectivity index (χ3n) is 4.86. The number of carbonyl (C=O) groups excluding carboxylic acids is 2. The zero-order chi connectivity index (χ0) is 15.4. The van der Waals surface area contributed by atoms with E-state index in [1.165, 1.54) is 0 Å². The Morgan fingerprint density at radius 3 is 2.86 bits per heavy atom. The lowest BCUT2D eigenvalue weighted by Gasteiger charge is -2.31. The highest BCUT2D eigenvalue weighted by Gasteiger charge is 2.37. The minimum absolute atomic E-state index is 0. The average Bonchev–Trinajstić information content (AvgIpc) is 2.84. The molecule has 5 nitrogen and oxygen atoms in total. The van der Waals surface area contributed by atoms with Gasteiger partial charge in [-0.3, -0.25) is 9.59 Å². The lowest BCUT2D eigenvalue weighted by atomic mass is 9.98. The quantitative estimate of drug-likeness (QED) is 0.806. The summed E-state index contributed by atoms with van der Waals surface area (Å²) in [5.41, 5.74) is 0. The second-order valence-corrected chi connectivity index (χ2v) is 6.58. The summed E-state index contributed by atoms with van der Waals surface area (Å²) >= 11 is 0. The minimum atomic E-state index is -0.175. The van der Waals surface area contributed by atoms with Gasteiger partial charge in [0.25, 0.3) is 0 Å². The molecular formula is C16H30ClN3O2. The molecule has 0 spiro atoms. The SMILES string of the molecule is CCCC(C)N1CC(C(=O)NC2CCCNC2C)CC1=O.Cl. The van der Waals surface area contributed by atoms with Crippen molar-refractivity contribution in [2.45, 2.75) is 71.0 Å². The van der Waals surface area contributed by atoms with Crippen molar-refractivity contribution in [3.63, 3.8) is 0 Å². The summed E-state index contributed by atoms with van der Waals surface area (Å²) in [6, 6.07) is 0.758. The molecule has 2 aliphatic heterocycles. The van der Waals surface area contributed by atoms with Gasteiger partial charge in [-0.15, -0.1) is 12.4 Å². The molecule has 0 bridgehead atoms. The van der Waals surface area contributed by atoms with Crippen molar-refractivity contribution in [2.24, 2.45) is 5.92 Å². The molecule has 22 heavy (non-hydrogen) atoms. The van der Waals surface area contributed by atoms with E-state index in [2.05, 4.69) is 31.4 Å². The van der Waals surface area contributed by atoms with Gasteiger partial charge in [0, 0.05) is 31.1 Å². The molecular weight excluding hydrogens is 302 g/mol. The highest BCUT2D eigenvalue weighted by Crippen LogP contribution is 2.23. The molecule has 0 aromatic heterocycles. The standard InChI is InChI=1S/C16H29N3O2.ClH/c1-4-6-11(2)19-10-13(9-15(19)20)16(21)18-14-7-5-8-17-12(14)3;/h11-14,17H,4-10H2,1-3H3,(H,18,21);1H. The van der Waals surface area contributed by atoms with Crippen molar-refractivity contribution in [1.29, 1.82) is 0 Å². The molecule has 2 rings (SSSR count). The number of piperidine rings is 1. The third kappa shape index (κ3) is 4.59. The Kier molecular flexibility index (Phi) is 7.63. The van der Waals surface area contributed by atoms with Crippen LogP contribution in [0.25, 0.3) is 0 Å². The van der Waals surface area contributed by atoms with Gasteiger partial charge in [0.1, 0.15) is 0 Å². The van der Waals surface area contributed by atoms with E-state index in [1.807, 2.05) is 4.90 Å². The van der Waals surface area contributed by atoms with Gasteiger partial charge in [-0.1, -0.05) is 13.3 Å². The summed E-state index contributed by atoms with van der Waals surface area (Å²) in [5.74, 6) is 0.00643.